The molecule has 1 unspecified atom stereocenters. The van der Waals surface area contributed by atoms with E-state index >= 15 is 0 Å². The van der Waals surface area contributed by atoms with Crippen molar-refractivity contribution in [3.8, 4) is 11.3 Å². The lowest BCUT2D eigenvalue weighted by Gasteiger charge is -2.42. The number of anilines is 3. The Labute approximate surface area is 194 Å². The van der Waals surface area contributed by atoms with Crippen molar-refractivity contribution in [2.75, 3.05) is 51.7 Å². The third-order valence-corrected chi connectivity index (χ3v) is 10.2. The number of rotatable bonds is 4. The molecular formula is C21H28F2N4O4S2. The average Bonchev–Trinajstić information content (AvgIpc) is 3.31. The molecule has 0 spiro atoms. The molecule has 0 bridgehead atoms. The van der Waals surface area contributed by atoms with Crippen LogP contribution < -0.4 is 13.5 Å². The number of nitrogens with zero attached hydrogens (tertiary/aromatic N) is 4. The number of benzene rings is 1. The van der Waals surface area contributed by atoms with Gasteiger partial charge in [-0.2, -0.15) is 10.6 Å². The summed E-state index contributed by atoms with van der Waals surface area (Å²) in [4.78, 5) is 6.84. The van der Waals surface area contributed by atoms with Gasteiger partial charge in [0.2, 0.25) is 0 Å². The molecule has 182 valence electrons. The lowest BCUT2D eigenvalue weighted by Crippen LogP contribution is -2.38. The number of pyridine rings is 1. The van der Waals surface area contributed by atoms with E-state index in [0.29, 0.717) is 36.0 Å². The smallest absolute Gasteiger partial charge is 0.253 e. The van der Waals surface area contributed by atoms with Crippen molar-refractivity contribution < 1.29 is 27.0 Å². The van der Waals surface area contributed by atoms with Crippen LogP contribution in [0.1, 0.15) is 12.0 Å². The maximum atomic E-state index is 13.5. The summed E-state index contributed by atoms with van der Waals surface area (Å²) >= 11 is 0. The molecule has 1 atom stereocenters. The average molecular weight is 503 g/mol. The highest BCUT2D eigenvalue weighted by atomic mass is 32.3. The van der Waals surface area contributed by atoms with Crippen molar-refractivity contribution >= 4 is 38.7 Å². The minimum atomic E-state index is -3.42. The Hall–Kier alpha value is -1.83. The topological polar surface area (TPSA) is 104 Å². The van der Waals surface area contributed by atoms with Crippen LogP contribution in [0.25, 0.3) is 11.3 Å². The Kier molecular flexibility index (Phi) is 5.27. The Morgan fingerprint density at radius 3 is 2.36 bits per heavy atom. The second kappa shape index (κ2) is 7.59. The number of aromatic nitrogens is 1. The summed E-state index contributed by atoms with van der Waals surface area (Å²) in [7, 11) is -4.38. The molecule has 1 aromatic heterocycles. The van der Waals surface area contributed by atoms with Gasteiger partial charge in [-0.1, -0.05) is 12.1 Å². The number of halogens is 2. The van der Waals surface area contributed by atoms with Gasteiger partial charge in [-0.3, -0.25) is 26.8 Å². The number of aryl methyl sites for hydroxylation is 1. The summed E-state index contributed by atoms with van der Waals surface area (Å²) in [5, 5.41) is 0. The molecule has 1 saturated carbocycles. The van der Waals surface area contributed by atoms with E-state index in [2.05, 4.69) is 0 Å². The Balaban J connectivity index is 1.45. The van der Waals surface area contributed by atoms with Gasteiger partial charge in [-0.25, -0.2) is 13.8 Å². The summed E-state index contributed by atoms with van der Waals surface area (Å²) in [5.74, 6) is -2.27. The number of alkyl halides is 2. The van der Waals surface area contributed by atoms with Crippen molar-refractivity contribution in [3.05, 3.63) is 35.9 Å². The Bertz CT molecular complexity index is 1090. The fraction of sp³-hybridized carbons (Fsp3) is 0.476. The molecule has 8 nitrogen and oxygen atoms in total. The molecule has 12 heteroatoms. The second-order valence-corrected chi connectivity index (χ2v) is 13.3. The molecule has 33 heavy (non-hydrogen) atoms. The van der Waals surface area contributed by atoms with E-state index in [4.69, 9.17) is 4.98 Å². The number of hydrogen-bond acceptors (Lipinski definition) is 8. The van der Waals surface area contributed by atoms with Crippen molar-refractivity contribution in [2.24, 2.45) is 5.92 Å². The highest BCUT2D eigenvalue weighted by Crippen LogP contribution is 2.63. The van der Waals surface area contributed by atoms with E-state index in [1.54, 1.807) is 19.2 Å². The van der Waals surface area contributed by atoms with Crippen LogP contribution in [0.15, 0.2) is 30.3 Å². The van der Waals surface area contributed by atoms with Crippen LogP contribution in [0.4, 0.5) is 26.0 Å². The third kappa shape index (κ3) is 4.02. The molecule has 3 aliphatic rings. The Morgan fingerprint density at radius 1 is 1.06 bits per heavy atom. The molecule has 1 aliphatic carbocycles. The van der Waals surface area contributed by atoms with Crippen LogP contribution in [-0.4, -0.2) is 67.3 Å². The highest BCUT2D eigenvalue weighted by molar-refractivity contribution is 8.27. The molecular weight excluding hydrogens is 474 g/mol. The molecule has 5 rings (SSSR count). The molecule has 4 N–H and O–H groups in total. The van der Waals surface area contributed by atoms with Crippen molar-refractivity contribution in [1.29, 1.82) is 0 Å². The van der Waals surface area contributed by atoms with Gasteiger partial charge in [0.1, 0.15) is 5.82 Å². The fourth-order valence-corrected chi connectivity index (χ4v) is 7.09. The predicted octanol–water partition coefficient (Wildman–Crippen LogP) is 5.12. The SMILES string of the molecule is Cc1ccc(N2CCS(O)(O)CC2)nc1-c1ccc2c(c1)N(C)S(O)(O)N2CC1CC1(F)F. The van der Waals surface area contributed by atoms with E-state index in [1.807, 2.05) is 30.0 Å². The molecule has 2 aliphatic heterocycles. The quantitative estimate of drug-likeness (QED) is 0.457. The van der Waals surface area contributed by atoms with Gasteiger partial charge in [0.15, 0.2) is 0 Å². The standard InChI is InChI=1S/C21H28F2N4O4S2/c1-14-3-6-19(26-7-9-32(28,29)10-8-26)24-20(14)15-4-5-17-18(11-15)25(2)33(30,31)27(17)13-16-12-21(16,22)23/h3-6,11,16,28-31H,7-10,12-13H2,1-2H3. The van der Waals surface area contributed by atoms with Gasteiger partial charge in [0.25, 0.3) is 5.92 Å². The molecule has 2 aromatic rings. The lowest BCUT2D eigenvalue weighted by atomic mass is 10.0. The Morgan fingerprint density at radius 2 is 1.73 bits per heavy atom. The first-order chi connectivity index (χ1) is 15.4. The van der Waals surface area contributed by atoms with E-state index in [0.717, 1.165) is 22.6 Å². The van der Waals surface area contributed by atoms with Crippen LogP contribution in [0.2, 0.25) is 0 Å². The molecule has 1 saturated heterocycles. The second-order valence-electron chi connectivity index (χ2n) is 8.95. The van der Waals surface area contributed by atoms with Gasteiger partial charge in [0, 0.05) is 44.6 Å². The minimum absolute atomic E-state index is 0.118. The van der Waals surface area contributed by atoms with Crippen molar-refractivity contribution in [2.45, 2.75) is 19.3 Å². The number of hydrogen-bond donors (Lipinski definition) is 4. The summed E-state index contributed by atoms with van der Waals surface area (Å²) < 4.78 is 70.9. The lowest BCUT2D eigenvalue weighted by molar-refractivity contribution is 0.101. The minimum Gasteiger partial charge on any atom is -0.353 e. The van der Waals surface area contributed by atoms with E-state index in [-0.39, 0.29) is 13.0 Å². The first-order valence-corrected chi connectivity index (χ1v) is 14.0. The van der Waals surface area contributed by atoms with Crippen LogP contribution in [0, 0.1) is 12.8 Å². The van der Waals surface area contributed by atoms with Crippen LogP contribution in [-0.2, 0) is 0 Å². The third-order valence-electron chi connectivity index (χ3n) is 6.64. The molecule has 3 heterocycles. The summed E-state index contributed by atoms with van der Waals surface area (Å²) in [6.45, 7) is 2.83. The zero-order valence-electron chi connectivity index (χ0n) is 18.4. The molecule has 2 fully saturated rings. The zero-order valence-corrected chi connectivity index (χ0v) is 20.0. The van der Waals surface area contributed by atoms with Gasteiger partial charge < -0.3 is 4.90 Å². The van der Waals surface area contributed by atoms with Gasteiger partial charge >= 0.3 is 0 Å². The summed E-state index contributed by atoms with van der Waals surface area (Å²) in [5.41, 5.74) is 3.50. The van der Waals surface area contributed by atoms with E-state index in [1.165, 1.54) is 8.61 Å². The zero-order chi connectivity index (χ0) is 23.8. The van der Waals surface area contributed by atoms with Crippen LogP contribution >= 0.6 is 21.6 Å². The van der Waals surface area contributed by atoms with Crippen molar-refractivity contribution in [1.82, 2.24) is 4.98 Å². The molecule has 0 radical (unpaired) electrons. The van der Waals surface area contributed by atoms with E-state index in [9.17, 15) is 27.0 Å². The number of fused-ring (bicyclic) bond motifs is 1. The van der Waals surface area contributed by atoms with Gasteiger partial charge in [0.05, 0.1) is 28.6 Å². The maximum Gasteiger partial charge on any atom is 0.253 e. The normalized spacial score (nSPS) is 26.7. The molecule has 0 amide bonds. The highest BCUT2D eigenvalue weighted by Gasteiger charge is 2.59. The van der Waals surface area contributed by atoms with Gasteiger partial charge in [-0.05, 0) is 41.6 Å². The maximum absolute atomic E-state index is 13.5. The summed E-state index contributed by atoms with van der Waals surface area (Å²) in [6, 6.07) is 9.21. The monoisotopic (exact) mass is 502 g/mol. The van der Waals surface area contributed by atoms with Crippen LogP contribution in [0.3, 0.4) is 0 Å². The first-order valence-electron chi connectivity index (χ1n) is 10.7. The van der Waals surface area contributed by atoms with Gasteiger partial charge in [-0.15, -0.1) is 0 Å². The van der Waals surface area contributed by atoms with Crippen molar-refractivity contribution in [3.63, 3.8) is 0 Å². The molecule has 1 aromatic carbocycles. The van der Waals surface area contributed by atoms with Crippen LogP contribution in [0.5, 0.6) is 0 Å². The fourth-order valence-electron chi connectivity index (χ4n) is 4.35. The summed E-state index contributed by atoms with van der Waals surface area (Å²) in [6.07, 6.45) is -0.238. The first kappa shape index (κ1) is 22.9. The predicted molar refractivity (Wildman–Crippen MR) is 131 cm³/mol. The largest absolute Gasteiger partial charge is 0.353 e. The van der Waals surface area contributed by atoms with E-state index < -0.39 is 33.4 Å².